The van der Waals surface area contributed by atoms with E-state index in [9.17, 15) is 19.7 Å². The summed E-state index contributed by atoms with van der Waals surface area (Å²) < 4.78 is 11.1. The Hall–Kier alpha value is -3.49. The number of hydrogen-bond acceptors (Lipinski definition) is 7. The van der Waals surface area contributed by atoms with Crippen LogP contribution < -0.4 is 5.56 Å². The van der Waals surface area contributed by atoms with E-state index in [1.54, 1.807) is 6.07 Å². The Labute approximate surface area is 134 Å². The van der Waals surface area contributed by atoms with Gasteiger partial charge in [0.05, 0.1) is 35.8 Å². The van der Waals surface area contributed by atoms with E-state index in [4.69, 9.17) is 4.42 Å². The number of esters is 1. The molecule has 2 heterocycles. The third-order valence-corrected chi connectivity index (χ3v) is 3.39. The van der Waals surface area contributed by atoms with Crippen molar-refractivity contribution in [2.24, 2.45) is 0 Å². The molecule has 3 rings (SSSR count). The minimum Gasteiger partial charge on any atom is -0.463 e. The van der Waals surface area contributed by atoms with E-state index in [1.807, 2.05) is 0 Å². The lowest BCUT2D eigenvalue weighted by Gasteiger charge is -2.04. The number of nitro benzene ring substituents is 1. The van der Waals surface area contributed by atoms with Crippen LogP contribution in [0.4, 0.5) is 5.69 Å². The molecule has 0 aliphatic heterocycles. The molecule has 122 valence electrons. The Balaban J connectivity index is 1.96. The maximum Gasteiger partial charge on any atom is 0.373 e. The molecular weight excluding hydrogens is 318 g/mol. The molecule has 1 aromatic carbocycles. The maximum absolute atomic E-state index is 12.4. The SMILES string of the molecule is COC(=O)c1ccc(Cn2cnc3cc([N+](=O)[O-])ccc3c2=O)o1. The van der Waals surface area contributed by atoms with Crippen molar-refractivity contribution < 1.29 is 18.9 Å². The average Bonchev–Trinajstić information content (AvgIpc) is 3.05. The zero-order valence-corrected chi connectivity index (χ0v) is 12.5. The molecule has 0 aliphatic rings. The van der Waals surface area contributed by atoms with Crippen molar-refractivity contribution in [3.8, 4) is 0 Å². The first-order valence-electron chi connectivity index (χ1n) is 6.80. The maximum atomic E-state index is 12.4. The highest BCUT2D eigenvalue weighted by molar-refractivity contribution is 5.86. The van der Waals surface area contributed by atoms with Crippen molar-refractivity contribution in [3.05, 3.63) is 68.6 Å². The van der Waals surface area contributed by atoms with E-state index in [2.05, 4.69) is 9.72 Å². The predicted molar refractivity (Wildman–Crippen MR) is 81.8 cm³/mol. The minimum atomic E-state index is -0.613. The molecule has 3 aromatic rings. The van der Waals surface area contributed by atoms with Gasteiger partial charge >= 0.3 is 5.97 Å². The molecule has 0 radical (unpaired) electrons. The van der Waals surface area contributed by atoms with Crippen LogP contribution in [-0.2, 0) is 11.3 Å². The molecule has 0 bridgehead atoms. The highest BCUT2D eigenvalue weighted by Gasteiger charge is 2.14. The standard InChI is InChI=1S/C15H11N3O6/c1-23-15(20)13-5-3-10(24-13)7-17-8-16-12-6-9(18(21)22)2-4-11(12)14(17)19/h2-6,8H,7H2,1H3. The molecule has 9 heteroatoms. The fourth-order valence-electron chi connectivity index (χ4n) is 2.21. The molecule has 2 aromatic heterocycles. The van der Waals surface area contributed by atoms with E-state index < -0.39 is 10.9 Å². The Morgan fingerprint density at radius 1 is 1.38 bits per heavy atom. The molecule has 0 amide bonds. The zero-order valence-electron chi connectivity index (χ0n) is 12.5. The van der Waals surface area contributed by atoms with Crippen molar-refractivity contribution in [2.75, 3.05) is 7.11 Å². The van der Waals surface area contributed by atoms with E-state index in [-0.39, 0.29) is 34.5 Å². The van der Waals surface area contributed by atoms with Gasteiger partial charge in [0.1, 0.15) is 5.76 Å². The van der Waals surface area contributed by atoms with Gasteiger partial charge in [-0.25, -0.2) is 9.78 Å². The second-order valence-electron chi connectivity index (χ2n) is 4.89. The number of ether oxygens (including phenoxy) is 1. The number of furan rings is 1. The smallest absolute Gasteiger partial charge is 0.373 e. The number of nitrogens with zero attached hydrogens (tertiary/aromatic N) is 3. The fourth-order valence-corrected chi connectivity index (χ4v) is 2.21. The van der Waals surface area contributed by atoms with Crippen LogP contribution >= 0.6 is 0 Å². The molecule has 0 N–H and O–H groups in total. The summed E-state index contributed by atoms with van der Waals surface area (Å²) in [6.45, 7) is 0.0652. The number of carbonyl (C=O) groups excluding carboxylic acids is 1. The van der Waals surface area contributed by atoms with Gasteiger partial charge in [-0.05, 0) is 18.2 Å². The zero-order chi connectivity index (χ0) is 17.3. The molecule has 0 aliphatic carbocycles. The van der Waals surface area contributed by atoms with Crippen molar-refractivity contribution in [1.82, 2.24) is 9.55 Å². The second-order valence-corrected chi connectivity index (χ2v) is 4.89. The van der Waals surface area contributed by atoms with Gasteiger partial charge in [-0.15, -0.1) is 0 Å². The van der Waals surface area contributed by atoms with E-state index in [1.165, 1.54) is 42.3 Å². The minimum absolute atomic E-state index is 0.0323. The van der Waals surface area contributed by atoms with Crippen LogP contribution in [0.5, 0.6) is 0 Å². The normalized spacial score (nSPS) is 10.7. The number of hydrogen-bond donors (Lipinski definition) is 0. The monoisotopic (exact) mass is 329 g/mol. The molecular formula is C15H11N3O6. The van der Waals surface area contributed by atoms with Crippen LogP contribution in [0, 0.1) is 10.1 Å². The lowest BCUT2D eigenvalue weighted by atomic mass is 10.2. The van der Waals surface area contributed by atoms with Crippen LogP contribution in [0.25, 0.3) is 10.9 Å². The molecule has 9 nitrogen and oxygen atoms in total. The van der Waals surface area contributed by atoms with E-state index in [0.717, 1.165) is 0 Å². The topological polar surface area (TPSA) is 117 Å². The Kier molecular flexibility index (Phi) is 3.82. The fraction of sp³-hybridized carbons (Fsp3) is 0.133. The largest absolute Gasteiger partial charge is 0.463 e. The number of methoxy groups -OCH3 is 1. The van der Waals surface area contributed by atoms with Gasteiger partial charge in [0.2, 0.25) is 5.76 Å². The highest BCUT2D eigenvalue weighted by atomic mass is 16.6. The van der Waals surface area contributed by atoms with Crippen molar-refractivity contribution in [1.29, 1.82) is 0 Å². The summed E-state index contributed by atoms with van der Waals surface area (Å²) in [7, 11) is 1.24. The Bertz CT molecular complexity index is 1000. The number of rotatable bonds is 4. The molecule has 0 unspecified atom stereocenters. The van der Waals surface area contributed by atoms with E-state index >= 15 is 0 Å². The van der Waals surface area contributed by atoms with Gasteiger partial charge < -0.3 is 9.15 Å². The van der Waals surface area contributed by atoms with Crippen molar-refractivity contribution >= 4 is 22.6 Å². The van der Waals surface area contributed by atoms with Crippen LogP contribution in [0.1, 0.15) is 16.3 Å². The molecule has 0 atom stereocenters. The summed E-state index contributed by atoms with van der Waals surface area (Å²) in [6, 6.07) is 6.85. The predicted octanol–water partition coefficient (Wildman–Crippen LogP) is 1.73. The first-order chi connectivity index (χ1) is 11.5. The average molecular weight is 329 g/mol. The van der Waals surface area contributed by atoms with Gasteiger partial charge in [0.15, 0.2) is 0 Å². The quantitative estimate of drug-likeness (QED) is 0.406. The van der Waals surface area contributed by atoms with Gasteiger partial charge in [0, 0.05) is 12.1 Å². The summed E-state index contributed by atoms with van der Waals surface area (Å²) in [5, 5.41) is 11.0. The van der Waals surface area contributed by atoms with Gasteiger partial charge in [0.25, 0.3) is 11.2 Å². The van der Waals surface area contributed by atoms with Crippen LogP contribution in [0.2, 0.25) is 0 Å². The number of fused-ring (bicyclic) bond motifs is 1. The molecule has 24 heavy (non-hydrogen) atoms. The summed E-state index contributed by atoms with van der Waals surface area (Å²) in [5.74, 6) is -0.206. The lowest BCUT2D eigenvalue weighted by molar-refractivity contribution is -0.384. The third-order valence-electron chi connectivity index (χ3n) is 3.39. The van der Waals surface area contributed by atoms with Gasteiger partial charge in [-0.3, -0.25) is 19.5 Å². The second kappa shape index (κ2) is 5.95. The lowest BCUT2D eigenvalue weighted by Crippen LogP contribution is -2.21. The number of benzene rings is 1. The van der Waals surface area contributed by atoms with E-state index in [0.29, 0.717) is 5.76 Å². The molecule has 0 fully saturated rings. The number of aromatic nitrogens is 2. The van der Waals surface area contributed by atoms with Crippen molar-refractivity contribution in [2.45, 2.75) is 6.54 Å². The summed E-state index contributed by atoms with van der Waals surface area (Å²) >= 11 is 0. The number of non-ortho nitro benzene ring substituents is 1. The Morgan fingerprint density at radius 2 is 2.17 bits per heavy atom. The number of nitro groups is 1. The Morgan fingerprint density at radius 3 is 2.88 bits per heavy atom. The third kappa shape index (κ3) is 2.74. The summed E-state index contributed by atoms with van der Waals surface area (Å²) in [5.41, 5.74) is -0.271. The van der Waals surface area contributed by atoms with Crippen LogP contribution in [0.15, 0.2) is 45.9 Å². The molecule has 0 saturated heterocycles. The summed E-state index contributed by atoms with van der Waals surface area (Å²) in [6.07, 6.45) is 1.27. The van der Waals surface area contributed by atoms with Gasteiger partial charge in [-0.2, -0.15) is 0 Å². The first-order valence-corrected chi connectivity index (χ1v) is 6.80. The van der Waals surface area contributed by atoms with Gasteiger partial charge in [-0.1, -0.05) is 0 Å². The number of carbonyl (C=O) groups is 1. The van der Waals surface area contributed by atoms with Crippen LogP contribution in [-0.4, -0.2) is 27.6 Å². The molecule has 0 saturated carbocycles. The van der Waals surface area contributed by atoms with Crippen molar-refractivity contribution in [3.63, 3.8) is 0 Å². The molecule has 0 spiro atoms. The first kappa shape index (κ1) is 15.4. The van der Waals surface area contributed by atoms with Crippen LogP contribution in [0.3, 0.4) is 0 Å². The highest BCUT2D eigenvalue weighted by Crippen LogP contribution is 2.17. The summed E-state index contributed by atoms with van der Waals surface area (Å²) in [4.78, 5) is 38.1.